The van der Waals surface area contributed by atoms with Gasteiger partial charge in [-0.3, -0.25) is 0 Å². The Morgan fingerprint density at radius 1 is 0.919 bits per heavy atom. The predicted molar refractivity (Wildman–Crippen MR) is 128 cm³/mol. The molecule has 200 valence electrons. The van der Waals surface area contributed by atoms with Crippen LogP contribution in [-0.4, -0.2) is 32.3 Å². The molecule has 0 aromatic heterocycles. The van der Waals surface area contributed by atoms with E-state index < -0.39 is 30.0 Å². The number of alkyl halides is 3. The molecular weight excluding hydrogens is 495 g/mol. The molecule has 4 rings (SSSR count). The van der Waals surface area contributed by atoms with Gasteiger partial charge in [0, 0.05) is 17.6 Å². The molecule has 0 atom stereocenters. The summed E-state index contributed by atoms with van der Waals surface area (Å²) < 4.78 is 87.2. The summed E-state index contributed by atoms with van der Waals surface area (Å²) in [5.74, 6) is -2.42. The summed E-state index contributed by atoms with van der Waals surface area (Å²) >= 11 is 0. The summed E-state index contributed by atoms with van der Waals surface area (Å²) in [6.45, 7) is 3.66. The fraction of sp³-hybridized carbons (Fsp3) is 0.429. The first-order valence-electron chi connectivity index (χ1n) is 12.3. The molecule has 0 bridgehead atoms. The SMILES string of the molecule is CCCCCOC1COC(c2ccc3c(F)c(CCc4ccc(OC(F)(F)F)c(F)c4)ccc3c2)OC1. The molecule has 1 aliphatic rings. The molecule has 1 fully saturated rings. The van der Waals surface area contributed by atoms with Crippen LogP contribution in [0, 0.1) is 11.6 Å². The molecule has 1 saturated heterocycles. The monoisotopic (exact) mass is 524 g/mol. The van der Waals surface area contributed by atoms with Gasteiger partial charge in [0.1, 0.15) is 11.9 Å². The van der Waals surface area contributed by atoms with Crippen molar-refractivity contribution < 1.29 is 40.9 Å². The number of hydrogen-bond donors (Lipinski definition) is 0. The summed E-state index contributed by atoms with van der Waals surface area (Å²) in [7, 11) is 0. The van der Waals surface area contributed by atoms with Crippen molar-refractivity contribution in [2.24, 2.45) is 0 Å². The van der Waals surface area contributed by atoms with E-state index in [-0.39, 0.29) is 18.9 Å². The number of aryl methyl sites for hydroxylation is 2. The summed E-state index contributed by atoms with van der Waals surface area (Å²) in [4.78, 5) is 0. The van der Waals surface area contributed by atoms with E-state index in [1.54, 1.807) is 24.3 Å². The van der Waals surface area contributed by atoms with Gasteiger partial charge in [0.15, 0.2) is 17.9 Å². The average molecular weight is 525 g/mol. The Balaban J connectivity index is 1.36. The Labute approximate surface area is 212 Å². The van der Waals surface area contributed by atoms with Gasteiger partial charge >= 0.3 is 6.36 Å². The number of rotatable bonds is 10. The lowest BCUT2D eigenvalue weighted by atomic mass is 9.99. The van der Waals surface area contributed by atoms with Crippen LogP contribution >= 0.6 is 0 Å². The van der Waals surface area contributed by atoms with Crippen LogP contribution in [0.5, 0.6) is 5.75 Å². The Bertz CT molecular complexity index is 1190. The maximum atomic E-state index is 15.2. The molecule has 1 aliphatic heterocycles. The third-order valence-corrected chi connectivity index (χ3v) is 6.20. The summed E-state index contributed by atoms with van der Waals surface area (Å²) in [6.07, 6.45) is -1.88. The van der Waals surface area contributed by atoms with E-state index >= 15 is 4.39 Å². The zero-order valence-corrected chi connectivity index (χ0v) is 20.5. The van der Waals surface area contributed by atoms with Gasteiger partial charge in [-0.05, 0) is 54.0 Å². The molecule has 0 aliphatic carbocycles. The normalized spacial score (nSPS) is 18.3. The maximum Gasteiger partial charge on any atom is 0.573 e. The van der Waals surface area contributed by atoms with Crippen molar-refractivity contribution in [3.8, 4) is 5.75 Å². The molecule has 9 heteroatoms. The molecule has 1 heterocycles. The third-order valence-electron chi connectivity index (χ3n) is 6.20. The number of hydrogen-bond acceptors (Lipinski definition) is 4. The van der Waals surface area contributed by atoms with E-state index in [0.717, 1.165) is 37.0 Å². The standard InChI is InChI=1S/C28H29F5O4/c1-2-3-4-13-34-22-16-35-27(36-17-22)21-10-11-23-20(15-21)9-8-19(26(23)30)7-5-18-6-12-25(24(29)14-18)37-28(31,32)33/h6,8-12,14-15,22,27H,2-5,7,13,16-17H2,1H3. The smallest absolute Gasteiger partial charge is 0.403 e. The molecule has 37 heavy (non-hydrogen) atoms. The van der Waals surface area contributed by atoms with Crippen molar-refractivity contribution in [2.45, 2.75) is 57.8 Å². The predicted octanol–water partition coefficient (Wildman–Crippen LogP) is 7.42. The van der Waals surface area contributed by atoms with Crippen molar-refractivity contribution in [3.63, 3.8) is 0 Å². The minimum absolute atomic E-state index is 0.101. The van der Waals surface area contributed by atoms with Crippen LogP contribution in [0.4, 0.5) is 22.0 Å². The van der Waals surface area contributed by atoms with Gasteiger partial charge in [-0.2, -0.15) is 0 Å². The Morgan fingerprint density at radius 3 is 2.41 bits per heavy atom. The van der Waals surface area contributed by atoms with Crippen LogP contribution in [0.1, 0.15) is 49.2 Å². The molecule has 0 N–H and O–H groups in total. The number of fused-ring (bicyclic) bond motifs is 1. The number of benzene rings is 3. The second-order valence-electron chi connectivity index (χ2n) is 9.03. The molecule has 3 aromatic carbocycles. The summed E-state index contributed by atoms with van der Waals surface area (Å²) in [5.41, 5.74) is 1.63. The van der Waals surface area contributed by atoms with E-state index in [4.69, 9.17) is 14.2 Å². The molecule has 0 amide bonds. The molecule has 0 spiro atoms. The van der Waals surface area contributed by atoms with Crippen LogP contribution < -0.4 is 4.74 Å². The number of unbranched alkanes of at least 4 members (excludes halogenated alkanes) is 2. The third kappa shape index (κ3) is 7.40. The number of halogens is 5. The second-order valence-corrected chi connectivity index (χ2v) is 9.03. The Hall–Kier alpha value is -2.75. The summed E-state index contributed by atoms with van der Waals surface area (Å²) in [6, 6.07) is 11.9. The second kappa shape index (κ2) is 12.2. The van der Waals surface area contributed by atoms with Crippen molar-refractivity contribution in [1.82, 2.24) is 0 Å². The van der Waals surface area contributed by atoms with E-state index in [9.17, 15) is 17.6 Å². The fourth-order valence-electron chi connectivity index (χ4n) is 4.26. The molecule has 3 aromatic rings. The zero-order valence-electron chi connectivity index (χ0n) is 20.5. The highest BCUT2D eigenvalue weighted by Crippen LogP contribution is 2.30. The highest BCUT2D eigenvalue weighted by molar-refractivity contribution is 5.84. The molecule has 0 unspecified atom stereocenters. The first kappa shape index (κ1) is 27.3. The van der Waals surface area contributed by atoms with Gasteiger partial charge in [-0.25, -0.2) is 8.78 Å². The Morgan fingerprint density at radius 2 is 1.70 bits per heavy atom. The highest BCUT2D eigenvalue weighted by Gasteiger charge is 2.32. The molecule has 0 saturated carbocycles. The zero-order chi connectivity index (χ0) is 26.4. The van der Waals surface area contributed by atoms with Gasteiger partial charge in [0.25, 0.3) is 0 Å². The Kier molecular flexibility index (Phi) is 9.00. The lowest BCUT2D eigenvalue weighted by Gasteiger charge is -2.29. The molecule has 4 nitrogen and oxygen atoms in total. The minimum Gasteiger partial charge on any atom is -0.403 e. The van der Waals surface area contributed by atoms with Gasteiger partial charge in [0.2, 0.25) is 0 Å². The molecular formula is C28H29F5O4. The molecule has 0 radical (unpaired) electrons. The van der Waals surface area contributed by atoms with Gasteiger partial charge in [0.05, 0.1) is 13.2 Å². The summed E-state index contributed by atoms with van der Waals surface area (Å²) in [5, 5.41) is 1.11. The van der Waals surface area contributed by atoms with Crippen molar-refractivity contribution >= 4 is 10.8 Å². The van der Waals surface area contributed by atoms with E-state index in [0.29, 0.717) is 41.7 Å². The van der Waals surface area contributed by atoms with E-state index in [2.05, 4.69) is 11.7 Å². The van der Waals surface area contributed by atoms with Crippen LogP contribution in [0.3, 0.4) is 0 Å². The van der Waals surface area contributed by atoms with Crippen LogP contribution in [-0.2, 0) is 27.1 Å². The van der Waals surface area contributed by atoms with Crippen LogP contribution in [0.15, 0.2) is 48.5 Å². The maximum absolute atomic E-state index is 15.2. The largest absolute Gasteiger partial charge is 0.573 e. The average Bonchev–Trinajstić information content (AvgIpc) is 2.87. The fourth-order valence-corrected chi connectivity index (χ4v) is 4.26. The lowest BCUT2D eigenvalue weighted by Crippen LogP contribution is -2.33. The van der Waals surface area contributed by atoms with Gasteiger partial charge in [-0.15, -0.1) is 13.2 Å². The van der Waals surface area contributed by atoms with Gasteiger partial charge < -0.3 is 18.9 Å². The van der Waals surface area contributed by atoms with Crippen molar-refractivity contribution in [1.29, 1.82) is 0 Å². The van der Waals surface area contributed by atoms with E-state index in [1.807, 2.05) is 6.07 Å². The topological polar surface area (TPSA) is 36.9 Å². The van der Waals surface area contributed by atoms with Crippen molar-refractivity contribution in [3.05, 3.63) is 76.9 Å². The first-order valence-corrected chi connectivity index (χ1v) is 12.3. The van der Waals surface area contributed by atoms with Gasteiger partial charge in [-0.1, -0.05) is 50.1 Å². The minimum atomic E-state index is -4.98. The lowest BCUT2D eigenvalue weighted by molar-refractivity contribution is -0.275. The van der Waals surface area contributed by atoms with Crippen molar-refractivity contribution in [2.75, 3.05) is 19.8 Å². The quantitative estimate of drug-likeness (QED) is 0.204. The highest BCUT2D eigenvalue weighted by atomic mass is 19.4. The number of ether oxygens (including phenoxy) is 4. The first-order chi connectivity index (χ1) is 17.7. The van der Waals surface area contributed by atoms with Crippen LogP contribution in [0.2, 0.25) is 0 Å². The van der Waals surface area contributed by atoms with E-state index in [1.165, 1.54) is 6.07 Å². The van der Waals surface area contributed by atoms with Crippen LogP contribution in [0.25, 0.3) is 10.8 Å².